The molecule has 2 aromatic carbocycles. The number of esters is 1. The van der Waals surface area contributed by atoms with Crippen molar-refractivity contribution < 1.29 is 18.7 Å². The number of halogens is 1. The van der Waals surface area contributed by atoms with Crippen molar-refractivity contribution in [1.82, 2.24) is 0 Å². The van der Waals surface area contributed by atoms with Crippen molar-refractivity contribution in [3.63, 3.8) is 0 Å². The highest BCUT2D eigenvalue weighted by Gasteiger charge is 2.33. The third kappa shape index (κ3) is 4.27. The lowest BCUT2D eigenvalue weighted by Crippen LogP contribution is -2.27. The van der Waals surface area contributed by atoms with Crippen LogP contribution in [0.25, 0.3) is 6.08 Å². The summed E-state index contributed by atoms with van der Waals surface area (Å²) in [6.07, 6.45) is 3.10. The van der Waals surface area contributed by atoms with Gasteiger partial charge in [-0.05, 0) is 54.1 Å². The van der Waals surface area contributed by atoms with Crippen molar-refractivity contribution in [2.24, 2.45) is 0 Å². The maximum atomic E-state index is 12.9. The van der Waals surface area contributed by atoms with E-state index in [-0.39, 0.29) is 11.7 Å². The number of furan rings is 1. The number of hydrogen-bond acceptors (Lipinski definition) is 6. The van der Waals surface area contributed by atoms with E-state index in [9.17, 15) is 9.59 Å². The van der Waals surface area contributed by atoms with Gasteiger partial charge in [0.15, 0.2) is 4.32 Å². The summed E-state index contributed by atoms with van der Waals surface area (Å²) < 4.78 is 10.8. The molecule has 0 atom stereocenters. The van der Waals surface area contributed by atoms with Crippen molar-refractivity contribution in [2.75, 3.05) is 4.90 Å². The van der Waals surface area contributed by atoms with Crippen molar-refractivity contribution >= 4 is 63.5 Å². The number of nitrogens with zero attached hydrogens (tertiary/aromatic N) is 1. The lowest BCUT2D eigenvalue weighted by atomic mass is 10.2. The van der Waals surface area contributed by atoms with Crippen molar-refractivity contribution in [1.29, 1.82) is 0 Å². The number of thiocarbonyl (C=S) groups is 1. The van der Waals surface area contributed by atoms with E-state index in [1.54, 1.807) is 60.7 Å². The van der Waals surface area contributed by atoms with Crippen LogP contribution in [0, 0.1) is 0 Å². The van der Waals surface area contributed by atoms with E-state index in [1.807, 2.05) is 0 Å². The Hall–Kier alpha value is -2.87. The predicted octanol–water partition coefficient (Wildman–Crippen LogP) is 5.56. The standard InChI is InChI=1S/C21H12ClNO4S2/c22-14-5-2-6-15(12-14)23-19(24)18(29-21(23)28)11-13-4-1-7-16(10-13)27-20(25)17-8-3-9-26-17/h1-12H/b18-11+. The zero-order valence-electron chi connectivity index (χ0n) is 14.7. The Morgan fingerprint density at radius 3 is 2.72 bits per heavy atom. The lowest BCUT2D eigenvalue weighted by Gasteiger charge is -2.14. The van der Waals surface area contributed by atoms with E-state index >= 15 is 0 Å². The molecule has 4 rings (SSSR count). The van der Waals surface area contributed by atoms with Gasteiger partial charge in [-0.25, -0.2) is 4.79 Å². The second-order valence-corrected chi connectivity index (χ2v) is 8.05. The highest BCUT2D eigenvalue weighted by atomic mass is 35.5. The Morgan fingerprint density at radius 2 is 1.97 bits per heavy atom. The van der Waals surface area contributed by atoms with Gasteiger partial charge in [-0.3, -0.25) is 9.69 Å². The van der Waals surface area contributed by atoms with Crippen LogP contribution in [0.4, 0.5) is 5.69 Å². The number of carbonyl (C=O) groups is 2. The van der Waals surface area contributed by atoms with Crippen LogP contribution in [0.15, 0.2) is 76.2 Å². The van der Waals surface area contributed by atoms with E-state index in [0.29, 0.717) is 31.2 Å². The van der Waals surface area contributed by atoms with Gasteiger partial charge < -0.3 is 9.15 Å². The van der Waals surface area contributed by atoms with Crippen LogP contribution < -0.4 is 9.64 Å². The first-order valence-corrected chi connectivity index (χ1v) is 10.0. The number of anilines is 1. The number of amides is 1. The van der Waals surface area contributed by atoms with Gasteiger partial charge in [0.05, 0.1) is 16.9 Å². The molecule has 8 heteroatoms. The number of carbonyl (C=O) groups excluding carboxylic acids is 2. The topological polar surface area (TPSA) is 59.8 Å². The van der Waals surface area contributed by atoms with Crippen LogP contribution in [0.5, 0.6) is 5.75 Å². The molecule has 1 amide bonds. The van der Waals surface area contributed by atoms with E-state index in [0.717, 1.165) is 0 Å². The third-order valence-electron chi connectivity index (χ3n) is 3.95. The van der Waals surface area contributed by atoms with E-state index < -0.39 is 5.97 Å². The Balaban J connectivity index is 1.56. The second kappa shape index (κ2) is 8.24. The summed E-state index contributed by atoms with van der Waals surface area (Å²) in [5, 5.41) is 0.520. The third-order valence-corrected chi connectivity index (χ3v) is 5.49. The van der Waals surface area contributed by atoms with Gasteiger partial charge in [-0.15, -0.1) is 0 Å². The number of thioether (sulfide) groups is 1. The zero-order chi connectivity index (χ0) is 20.4. The Bertz CT molecular complexity index is 1140. The highest BCUT2D eigenvalue weighted by molar-refractivity contribution is 8.27. The Labute approximate surface area is 180 Å². The molecule has 0 spiro atoms. The predicted molar refractivity (Wildman–Crippen MR) is 117 cm³/mol. The molecule has 0 N–H and O–H groups in total. The van der Waals surface area contributed by atoms with Crippen molar-refractivity contribution in [2.45, 2.75) is 0 Å². The minimum absolute atomic E-state index is 0.109. The van der Waals surface area contributed by atoms with E-state index in [4.69, 9.17) is 33.0 Å². The molecule has 1 fully saturated rings. The summed E-state index contributed by atoms with van der Waals surface area (Å²) >= 11 is 12.6. The van der Waals surface area contributed by atoms with Gasteiger partial charge in [0.1, 0.15) is 5.75 Å². The Kier molecular flexibility index (Phi) is 5.53. The smallest absolute Gasteiger partial charge is 0.379 e. The quantitative estimate of drug-likeness (QED) is 0.229. The van der Waals surface area contributed by atoms with E-state index in [2.05, 4.69) is 0 Å². The molecule has 1 saturated heterocycles. The van der Waals surface area contributed by atoms with Crippen LogP contribution in [0.3, 0.4) is 0 Å². The van der Waals surface area contributed by atoms with Gasteiger partial charge in [-0.1, -0.05) is 53.8 Å². The van der Waals surface area contributed by atoms with Gasteiger partial charge in [0.25, 0.3) is 5.91 Å². The summed E-state index contributed by atoms with van der Waals surface area (Å²) in [6.45, 7) is 0. The molecular weight excluding hydrogens is 430 g/mol. The summed E-state index contributed by atoms with van der Waals surface area (Å²) in [7, 11) is 0. The van der Waals surface area contributed by atoms with Crippen LogP contribution in [-0.4, -0.2) is 16.2 Å². The lowest BCUT2D eigenvalue weighted by molar-refractivity contribution is -0.113. The summed E-state index contributed by atoms with van der Waals surface area (Å²) in [5.74, 6) is -0.386. The normalized spacial score (nSPS) is 15.2. The van der Waals surface area contributed by atoms with E-state index in [1.165, 1.54) is 29.0 Å². The van der Waals surface area contributed by atoms with Crippen LogP contribution in [0.1, 0.15) is 16.1 Å². The summed E-state index contributed by atoms with van der Waals surface area (Å²) in [5.41, 5.74) is 1.31. The zero-order valence-corrected chi connectivity index (χ0v) is 17.1. The van der Waals surface area contributed by atoms with Gasteiger partial charge >= 0.3 is 5.97 Å². The molecule has 0 unspecified atom stereocenters. The molecule has 29 heavy (non-hydrogen) atoms. The molecule has 2 heterocycles. The molecule has 5 nitrogen and oxygen atoms in total. The van der Waals surface area contributed by atoms with Gasteiger partial charge in [0.2, 0.25) is 5.76 Å². The summed E-state index contributed by atoms with van der Waals surface area (Å²) in [4.78, 5) is 26.8. The first kappa shape index (κ1) is 19.4. The second-order valence-electron chi connectivity index (χ2n) is 5.94. The molecule has 0 bridgehead atoms. The fraction of sp³-hybridized carbons (Fsp3) is 0. The number of hydrogen-bond donors (Lipinski definition) is 0. The van der Waals surface area contributed by atoms with Crippen molar-refractivity contribution in [3.05, 3.63) is 88.2 Å². The molecule has 3 aromatic rings. The molecular formula is C21H12ClNO4S2. The molecule has 144 valence electrons. The maximum absolute atomic E-state index is 12.9. The minimum Gasteiger partial charge on any atom is -0.457 e. The molecule has 1 aliphatic heterocycles. The Morgan fingerprint density at radius 1 is 1.14 bits per heavy atom. The van der Waals surface area contributed by atoms with Crippen molar-refractivity contribution in [3.8, 4) is 5.75 Å². The fourth-order valence-corrected chi connectivity index (χ4v) is 4.16. The average molecular weight is 442 g/mol. The van der Waals surface area contributed by atoms with Crippen LogP contribution in [0.2, 0.25) is 5.02 Å². The number of rotatable bonds is 4. The van der Waals surface area contributed by atoms with Gasteiger partial charge in [-0.2, -0.15) is 0 Å². The molecule has 0 radical (unpaired) electrons. The first-order valence-electron chi connectivity index (χ1n) is 8.40. The SMILES string of the molecule is O=C(Oc1cccc(/C=C2/SC(=S)N(c3cccc(Cl)c3)C2=O)c1)c1ccco1. The van der Waals surface area contributed by atoms with Gasteiger partial charge in [0, 0.05) is 5.02 Å². The average Bonchev–Trinajstić information content (AvgIpc) is 3.31. The molecule has 0 aliphatic carbocycles. The molecule has 1 aliphatic rings. The fourth-order valence-electron chi connectivity index (χ4n) is 2.68. The summed E-state index contributed by atoms with van der Waals surface area (Å²) in [6, 6.07) is 16.9. The first-order chi connectivity index (χ1) is 14.0. The number of ether oxygens (including phenoxy) is 1. The number of benzene rings is 2. The molecule has 0 saturated carbocycles. The largest absolute Gasteiger partial charge is 0.457 e. The highest BCUT2D eigenvalue weighted by Crippen LogP contribution is 2.36. The van der Waals surface area contributed by atoms with Crippen LogP contribution >= 0.6 is 35.6 Å². The maximum Gasteiger partial charge on any atom is 0.379 e. The van der Waals surface area contributed by atoms with Crippen LogP contribution in [-0.2, 0) is 4.79 Å². The minimum atomic E-state index is -0.598. The monoisotopic (exact) mass is 441 g/mol. The molecule has 1 aromatic heterocycles.